The van der Waals surface area contributed by atoms with Crippen LogP contribution in [0.2, 0.25) is 0 Å². The van der Waals surface area contributed by atoms with Crippen LogP contribution in [0.5, 0.6) is 0 Å². The molecule has 0 radical (unpaired) electrons. The predicted octanol–water partition coefficient (Wildman–Crippen LogP) is 3.64. The van der Waals surface area contributed by atoms with Crippen molar-refractivity contribution in [3.05, 3.63) is 36.0 Å². The Bertz CT molecular complexity index is 450. The number of hydrogen-bond acceptors (Lipinski definition) is 1. The fourth-order valence-corrected chi connectivity index (χ4v) is 1.96. The van der Waals surface area contributed by atoms with Crippen molar-refractivity contribution >= 4 is 23.3 Å². The van der Waals surface area contributed by atoms with Gasteiger partial charge in [-0.05, 0) is 23.6 Å². The summed E-state index contributed by atoms with van der Waals surface area (Å²) in [6.45, 7) is 4.39. The number of nitrogens with two attached hydrogens (primary N) is 1. The van der Waals surface area contributed by atoms with Gasteiger partial charge in [-0.3, -0.25) is 0 Å². The van der Waals surface area contributed by atoms with Crippen molar-refractivity contribution in [3.8, 4) is 0 Å². The second-order valence-electron chi connectivity index (χ2n) is 4.20. The fourth-order valence-electron chi connectivity index (χ4n) is 1.96. The summed E-state index contributed by atoms with van der Waals surface area (Å²) in [4.78, 5) is 3.22. The summed E-state index contributed by atoms with van der Waals surface area (Å²) in [6.07, 6.45) is 3.08. The van der Waals surface area contributed by atoms with Gasteiger partial charge in [0, 0.05) is 23.1 Å². The van der Waals surface area contributed by atoms with Gasteiger partial charge in [0.2, 0.25) is 0 Å². The van der Waals surface area contributed by atoms with E-state index in [1.54, 1.807) is 0 Å². The molecule has 1 aromatic carbocycles. The third-order valence-electron chi connectivity index (χ3n) is 3.24. The first-order chi connectivity index (χ1) is 7.24. The summed E-state index contributed by atoms with van der Waals surface area (Å²) in [5, 5.41) is 1.25. The van der Waals surface area contributed by atoms with Gasteiger partial charge in [0.15, 0.2) is 0 Å². The fraction of sp³-hybridized carbons (Fsp3) is 0.385. The molecular weight excluding hydrogens is 220 g/mol. The molecule has 2 aromatic rings. The van der Waals surface area contributed by atoms with E-state index in [0.717, 1.165) is 6.42 Å². The number of aromatic nitrogens is 1. The lowest BCUT2D eigenvalue weighted by Gasteiger charge is -2.19. The van der Waals surface area contributed by atoms with Crippen LogP contribution < -0.4 is 5.73 Å². The molecule has 0 saturated heterocycles. The van der Waals surface area contributed by atoms with Gasteiger partial charge < -0.3 is 10.7 Å². The van der Waals surface area contributed by atoms with Gasteiger partial charge in [0.25, 0.3) is 0 Å². The molecule has 2 rings (SSSR count). The Labute approximate surface area is 103 Å². The summed E-state index contributed by atoms with van der Waals surface area (Å²) in [5.74, 6) is 0.519. The summed E-state index contributed by atoms with van der Waals surface area (Å²) in [6, 6.07) is 8.52. The number of H-pyrrole nitrogens is 1. The summed E-state index contributed by atoms with van der Waals surface area (Å²) < 4.78 is 0. The number of benzene rings is 1. The third-order valence-corrected chi connectivity index (χ3v) is 3.24. The Kier molecular flexibility index (Phi) is 4.39. The lowest BCUT2D eigenvalue weighted by Crippen LogP contribution is -2.18. The highest BCUT2D eigenvalue weighted by atomic mass is 35.5. The Hall–Kier alpha value is -0.990. The van der Waals surface area contributed by atoms with E-state index < -0.39 is 0 Å². The molecule has 1 heterocycles. The van der Waals surface area contributed by atoms with Crippen LogP contribution in [0.4, 0.5) is 0 Å². The standard InChI is InChI=1S/C13H18N2.ClH/c1-3-9(2)13(14)11-5-4-6-12-10(11)7-8-15-12;/h4-9,13,15H,3,14H2,1-2H3;1H/t9?,13-;/m0./s1. The SMILES string of the molecule is CCC(C)[C@H](N)c1cccc2[nH]ccc12.Cl. The lowest BCUT2D eigenvalue weighted by atomic mass is 9.91. The van der Waals surface area contributed by atoms with Crippen LogP contribution in [0.25, 0.3) is 10.9 Å². The molecule has 1 aromatic heterocycles. The average Bonchev–Trinajstić information content (AvgIpc) is 2.74. The van der Waals surface area contributed by atoms with Crippen molar-refractivity contribution in [2.45, 2.75) is 26.3 Å². The van der Waals surface area contributed by atoms with E-state index >= 15 is 0 Å². The van der Waals surface area contributed by atoms with E-state index in [9.17, 15) is 0 Å². The highest BCUT2D eigenvalue weighted by Crippen LogP contribution is 2.27. The van der Waals surface area contributed by atoms with Gasteiger partial charge in [0.1, 0.15) is 0 Å². The molecule has 2 nitrogen and oxygen atoms in total. The first-order valence-corrected chi connectivity index (χ1v) is 5.55. The second kappa shape index (κ2) is 5.37. The van der Waals surface area contributed by atoms with Crippen LogP contribution in [0.3, 0.4) is 0 Å². The summed E-state index contributed by atoms with van der Waals surface area (Å²) >= 11 is 0. The lowest BCUT2D eigenvalue weighted by molar-refractivity contribution is 0.459. The van der Waals surface area contributed by atoms with Crippen LogP contribution in [0, 0.1) is 5.92 Å². The van der Waals surface area contributed by atoms with Crippen molar-refractivity contribution in [2.75, 3.05) is 0 Å². The monoisotopic (exact) mass is 238 g/mol. The second-order valence-corrected chi connectivity index (χ2v) is 4.20. The normalized spacial score (nSPS) is 14.4. The minimum absolute atomic E-state index is 0. The zero-order valence-electron chi connectivity index (χ0n) is 9.73. The Morgan fingerprint density at radius 1 is 1.31 bits per heavy atom. The Morgan fingerprint density at radius 2 is 2.06 bits per heavy atom. The minimum atomic E-state index is 0. The van der Waals surface area contributed by atoms with Gasteiger partial charge in [0.05, 0.1) is 0 Å². The number of fused-ring (bicyclic) bond motifs is 1. The molecule has 0 fully saturated rings. The Morgan fingerprint density at radius 3 is 2.75 bits per heavy atom. The molecule has 0 aliphatic rings. The van der Waals surface area contributed by atoms with E-state index in [4.69, 9.17) is 5.73 Å². The van der Waals surface area contributed by atoms with Crippen molar-refractivity contribution < 1.29 is 0 Å². The van der Waals surface area contributed by atoms with Crippen LogP contribution in [-0.2, 0) is 0 Å². The zero-order valence-corrected chi connectivity index (χ0v) is 10.6. The average molecular weight is 239 g/mol. The van der Waals surface area contributed by atoms with Gasteiger partial charge >= 0.3 is 0 Å². The van der Waals surface area contributed by atoms with Gasteiger partial charge in [-0.25, -0.2) is 0 Å². The van der Waals surface area contributed by atoms with Crippen LogP contribution in [0.1, 0.15) is 31.9 Å². The third kappa shape index (κ3) is 2.23. The molecule has 0 bridgehead atoms. The maximum Gasteiger partial charge on any atom is 0.0457 e. The summed E-state index contributed by atoms with van der Waals surface area (Å²) in [5.41, 5.74) is 8.69. The molecular formula is C13H19ClN2. The molecule has 16 heavy (non-hydrogen) atoms. The quantitative estimate of drug-likeness (QED) is 0.843. The predicted molar refractivity (Wildman–Crippen MR) is 71.9 cm³/mol. The number of nitrogens with one attached hydrogen (secondary N) is 1. The molecule has 0 spiro atoms. The molecule has 0 aliphatic heterocycles. The van der Waals surface area contributed by atoms with E-state index in [0.29, 0.717) is 5.92 Å². The Balaban J connectivity index is 0.00000128. The molecule has 1 unspecified atom stereocenters. The van der Waals surface area contributed by atoms with Gasteiger partial charge in [-0.2, -0.15) is 0 Å². The smallest absolute Gasteiger partial charge is 0.0457 e. The van der Waals surface area contributed by atoms with Crippen molar-refractivity contribution in [3.63, 3.8) is 0 Å². The van der Waals surface area contributed by atoms with Gasteiger partial charge in [-0.1, -0.05) is 32.4 Å². The number of aromatic amines is 1. The first kappa shape index (κ1) is 13.1. The van der Waals surface area contributed by atoms with E-state index in [1.165, 1.54) is 16.5 Å². The molecule has 2 atom stereocenters. The molecule has 0 amide bonds. The van der Waals surface area contributed by atoms with Gasteiger partial charge in [-0.15, -0.1) is 12.4 Å². The van der Waals surface area contributed by atoms with E-state index in [-0.39, 0.29) is 18.4 Å². The van der Waals surface area contributed by atoms with E-state index in [1.807, 2.05) is 6.20 Å². The van der Waals surface area contributed by atoms with Crippen molar-refractivity contribution in [1.82, 2.24) is 4.98 Å². The van der Waals surface area contributed by atoms with Crippen LogP contribution in [-0.4, -0.2) is 4.98 Å². The largest absolute Gasteiger partial charge is 0.361 e. The highest BCUT2D eigenvalue weighted by Gasteiger charge is 2.15. The molecule has 88 valence electrons. The van der Waals surface area contributed by atoms with Crippen LogP contribution in [0.15, 0.2) is 30.5 Å². The number of rotatable bonds is 3. The topological polar surface area (TPSA) is 41.8 Å². The highest BCUT2D eigenvalue weighted by molar-refractivity contribution is 5.85. The minimum Gasteiger partial charge on any atom is -0.361 e. The first-order valence-electron chi connectivity index (χ1n) is 5.55. The zero-order chi connectivity index (χ0) is 10.8. The van der Waals surface area contributed by atoms with Crippen molar-refractivity contribution in [1.29, 1.82) is 0 Å². The van der Waals surface area contributed by atoms with Crippen LogP contribution >= 0.6 is 12.4 Å². The van der Waals surface area contributed by atoms with Crippen molar-refractivity contribution in [2.24, 2.45) is 11.7 Å². The molecule has 0 aliphatic carbocycles. The number of hydrogen-bond donors (Lipinski definition) is 2. The van der Waals surface area contributed by atoms with E-state index in [2.05, 4.69) is 43.1 Å². The summed E-state index contributed by atoms with van der Waals surface area (Å²) in [7, 11) is 0. The molecule has 3 N–H and O–H groups in total. The maximum atomic E-state index is 6.26. The maximum absolute atomic E-state index is 6.26. The number of halogens is 1. The molecule has 0 saturated carbocycles. The molecule has 3 heteroatoms.